The zero-order valence-corrected chi connectivity index (χ0v) is 8.80. The first-order valence-corrected chi connectivity index (χ1v) is 5.22. The van der Waals surface area contributed by atoms with Crippen LogP contribution < -0.4 is 0 Å². The maximum atomic E-state index is 2.52. The van der Waals surface area contributed by atoms with Crippen LogP contribution in [0.15, 0.2) is 0 Å². The summed E-state index contributed by atoms with van der Waals surface area (Å²) < 4.78 is 0. The molecule has 0 aromatic heterocycles. The van der Waals surface area contributed by atoms with Crippen molar-refractivity contribution in [1.82, 2.24) is 4.90 Å². The summed E-state index contributed by atoms with van der Waals surface area (Å²) in [4.78, 5) is 2.52. The van der Waals surface area contributed by atoms with E-state index in [0.29, 0.717) is 5.41 Å². The van der Waals surface area contributed by atoms with Gasteiger partial charge in [0.15, 0.2) is 0 Å². The predicted molar refractivity (Wildman–Crippen MR) is 52.0 cm³/mol. The molecule has 0 spiro atoms. The second kappa shape index (κ2) is 2.47. The molecule has 1 saturated heterocycles. The Hall–Kier alpha value is -0.0400. The fraction of sp³-hybridized carbons (Fsp3) is 1.00. The summed E-state index contributed by atoms with van der Waals surface area (Å²) in [5, 5.41) is 0. The molecule has 1 nitrogen and oxygen atoms in total. The normalized spacial score (nSPS) is 47.8. The van der Waals surface area contributed by atoms with Gasteiger partial charge in [0.25, 0.3) is 0 Å². The largest absolute Gasteiger partial charge is 0.306 e. The molecule has 0 N–H and O–H groups in total. The number of piperidine rings is 1. The van der Waals surface area contributed by atoms with Gasteiger partial charge in [0, 0.05) is 13.1 Å². The molecule has 0 aromatic rings. The van der Waals surface area contributed by atoms with E-state index in [-0.39, 0.29) is 0 Å². The smallest absolute Gasteiger partial charge is 0.00376 e. The highest BCUT2D eigenvalue weighted by Gasteiger charge is 2.54. The molecule has 2 rings (SSSR count). The summed E-state index contributed by atoms with van der Waals surface area (Å²) in [6.45, 7) is 9.92. The first-order chi connectivity index (χ1) is 5.54. The van der Waals surface area contributed by atoms with Crippen LogP contribution in [0.25, 0.3) is 0 Å². The Kier molecular flexibility index (Phi) is 1.76. The molecule has 1 aliphatic carbocycles. The van der Waals surface area contributed by atoms with Gasteiger partial charge in [-0.2, -0.15) is 0 Å². The van der Waals surface area contributed by atoms with E-state index in [2.05, 4.69) is 32.7 Å². The van der Waals surface area contributed by atoms with Crippen LogP contribution in [0, 0.1) is 23.2 Å². The minimum absolute atomic E-state index is 0.609. The summed E-state index contributed by atoms with van der Waals surface area (Å²) in [6, 6.07) is 0. The Morgan fingerprint density at radius 2 is 2.08 bits per heavy atom. The molecule has 1 saturated carbocycles. The average Bonchev–Trinajstić information content (AvgIpc) is 2.65. The Balaban J connectivity index is 2.14. The van der Waals surface area contributed by atoms with E-state index in [0.717, 1.165) is 17.8 Å². The maximum Gasteiger partial charge on any atom is 0.00376 e. The molecular formula is C11H21N. The van der Waals surface area contributed by atoms with Crippen LogP contribution in [0.1, 0.15) is 27.2 Å². The van der Waals surface area contributed by atoms with E-state index < -0.39 is 0 Å². The number of rotatable bonds is 1. The van der Waals surface area contributed by atoms with Crippen LogP contribution in [-0.4, -0.2) is 25.0 Å². The number of hydrogen-bond acceptors (Lipinski definition) is 1. The lowest BCUT2D eigenvalue weighted by molar-refractivity contribution is 0.0664. The standard InChI is InChI=1S/C11H21N/c1-8(2)11(3)7-12(4)6-9-5-10(9)11/h8-10H,5-7H2,1-4H3. The third-order valence-corrected chi connectivity index (χ3v) is 4.25. The molecule has 70 valence electrons. The lowest BCUT2D eigenvalue weighted by Gasteiger charge is -2.41. The Bertz CT molecular complexity index is 187. The topological polar surface area (TPSA) is 3.24 Å². The summed E-state index contributed by atoms with van der Waals surface area (Å²) >= 11 is 0. The quantitative estimate of drug-likeness (QED) is 0.579. The maximum absolute atomic E-state index is 2.52. The van der Waals surface area contributed by atoms with E-state index in [1.807, 2.05) is 0 Å². The van der Waals surface area contributed by atoms with Crippen molar-refractivity contribution >= 4 is 0 Å². The van der Waals surface area contributed by atoms with Crippen molar-refractivity contribution in [1.29, 1.82) is 0 Å². The molecule has 1 aliphatic heterocycles. The van der Waals surface area contributed by atoms with Crippen molar-refractivity contribution in [2.45, 2.75) is 27.2 Å². The first-order valence-electron chi connectivity index (χ1n) is 5.22. The summed E-state index contributed by atoms with van der Waals surface area (Å²) in [5.41, 5.74) is 0.609. The molecule has 0 bridgehead atoms. The van der Waals surface area contributed by atoms with Crippen molar-refractivity contribution in [2.75, 3.05) is 20.1 Å². The van der Waals surface area contributed by atoms with Crippen molar-refractivity contribution in [2.24, 2.45) is 23.2 Å². The van der Waals surface area contributed by atoms with Gasteiger partial charge in [0.1, 0.15) is 0 Å². The van der Waals surface area contributed by atoms with Crippen LogP contribution in [-0.2, 0) is 0 Å². The third-order valence-electron chi connectivity index (χ3n) is 4.25. The van der Waals surface area contributed by atoms with Crippen molar-refractivity contribution in [3.8, 4) is 0 Å². The van der Waals surface area contributed by atoms with Crippen molar-refractivity contribution in [3.63, 3.8) is 0 Å². The van der Waals surface area contributed by atoms with E-state index in [4.69, 9.17) is 0 Å². The zero-order valence-electron chi connectivity index (χ0n) is 8.80. The highest BCUT2D eigenvalue weighted by Crippen LogP contribution is 2.57. The molecule has 2 fully saturated rings. The van der Waals surface area contributed by atoms with Gasteiger partial charge in [0.05, 0.1) is 0 Å². The van der Waals surface area contributed by atoms with Gasteiger partial charge in [0.2, 0.25) is 0 Å². The van der Waals surface area contributed by atoms with Crippen LogP contribution in [0.3, 0.4) is 0 Å². The highest BCUT2D eigenvalue weighted by molar-refractivity contribution is 5.05. The highest BCUT2D eigenvalue weighted by atomic mass is 15.1. The molecule has 1 heterocycles. The second-order valence-electron chi connectivity index (χ2n) is 5.46. The average molecular weight is 167 g/mol. The number of fused-ring (bicyclic) bond motifs is 1. The van der Waals surface area contributed by atoms with E-state index in [1.54, 1.807) is 0 Å². The third kappa shape index (κ3) is 1.10. The minimum Gasteiger partial charge on any atom is -0.306 e. The first kappa shape index (κ1) is 8.55. The van der Waals surface area contributed by atoms with Gasteiger partial charge in [-0.05, 0) is 36.6 Å². The van der Waals surface area contributed by atoms with Crippen LogP contribution >= 0.6 is 0 Å². The Morgan fingerprint density at radius 3 is 2.67 bits per heavy atom. The van der Waals surface area contributed by atoms with Gasteiger partial charge in [-0.25, -0.2) is 0 Å². The van der Waals surface area contributed by atoms with E-state index >= 15 is 0 Å². The lowest BCUT2D eigenvalue weighted by atomic mass is 9.72. The van der Waals surface area contributed by atoms with Crippen molar-refractivity contribution in [3.05, 3.63) is 0 Å². The summed E-state index contributed by atoms with van der Waals surface area (Å²) in [6.07, 6.45) is 1.50. The Morgan fingerprint density at radius 1 is 1.42 bits per heavy atom. The van der Waals surface area contributed by atoms with Crippen LogP contribution in [0.2, 0.25) is 0 Å². The van der Waals surface area contributed by atoms with Crippen molar-refractivity contribution < 1.29 is 0 Å². The molecule has 3 atom stereocenters. The molecular weight excluding hydrogens is 146 g/mol. The molecule has 0 radical (unpaired) electrons. The summed E-state index contributed by atoms with van der Waals surface area (Å²) in [5.74, 6) is 2.93. The zero-order chi connectivity index (χ0) is 8.93. The minimum atomic E-state index is 0.609. The number of likely N-dealkylation sites (tertiary alicyclic amines) is 1. The fourth-order valence-electron chi connectivity index (χ4n) is 3.03. The number of hydrogen-bond donors (Lipinski definition) is 0. The monoisotopic (exact) mass is 167 g/mol. The SMILES string of the molecule is CC(C)C1(C)CN(C)CC2CC21. The van der Waals surface area contributed by atoms with Gasteiger partial charge in [-0.1, -0.05) is 20.8 Å². The predicted octanol–water partition coefficient (Wildman–Crippen LogP) is 2.23. The van der Waals surface area contributed by atoms with Gasteiger partial charge in [-0.3, -0.25) is 0 Å². The van der Waals surface area contributed by atoms with Crippen LogP contribution in [0.4, 0.5) is 0 Å². The molecule has 0 amide bonds. The molecule has 12 heavy (non-hydrogen) atoms. The molecule has 1 heteroatoms. The number of nitrogens with zero attached hydrogens (tertiary/aromatic N) is 1. The Labute approximate surface area is 76.1 Å². The second-order valence-corrected chi connectivity index (χ2v) is 5.46. The lowest BCUT2D eigenvalue weighted by Crippen LogP contribution is -2.44. The van der Waals surface area contributed by atoms with Gasteiger partial charge < -0.3 is 4.90 Å². The molecule has 0 aromatic carbocycles. The van der Waals surface area contributed by atoms with Gasteiger partial charge >= 0.3 is 0 Å². The summed E-state index contributed by atoms with van der Waals surface area (Å²) in [7, 11) is 2.27. The van der Waals surface area contributed by atoms with E-state index in [9.17, 15) is 0 Å². The van der Waals surface area contributed by atoms with E-state index in [1.165, 1.54) is 19.5 Å². The fourth-order valence-corrected chi connectivity index (χ4v) is 3.03. The molecule has 2 aliphatic rings. The van der Waals surface area contributed by atoms with Gasteiger partial charge in [-0.15, -0.1) is 0 Å². The molecule has 3 unspecified atom stereocenters. The van der Waals surface area contributed by atoms with Crippen LogP contribution in [0.5, 0.6) is 0 Å².